The molecule has 1 amide bonds. The Hall–Kier alpha value is -0.710. The monoisotopic (exact) mass is 298 g/mol. The van der Waals surface area contributed by atoms with Gasteiger partial charge in [0.25, 0.3) is 5.91 Å². The fraction of sp³-hybridized carbons (Fsp3) is 0.500. The number of thioether (sulfide) groups is 1. The van der Waals surface area contributed by atoms with E-state index in [0.717, 1.165) is 37.4 Å². The summed E-state index contributed by atoms with van der Waals surface area (Å²) >= 11 is 7.70. The van der Waals surface area contributed by atoms with Crippen molar-refractivity contribution < 1.29 is 4.79 Å². The molecule has 1 fully saturated rings. The maximum Gasteiger partial charge on any atom is 0.252 e. The molecule has 0 aliphatic carbocycles. The lowest BCUT2D eigenvalue weighted by molar-refractivity contribution is 0.0944. The highest BCUT2D eigenvalue weighted by Gasteiger charge is 2.16. The fourth-order valence-corrected chi connectivity index (χ4v) is 2.87. The summed E-state index contributed by atoms with van der Waals surface area (Å²) in [6.07, 6.45) is 4.23. The summed E-state index contributed by atoms with van der Waals surface area (Å²) in [5.74, 6) is 0.507. The van der Waals surface area contributed by atoms with Crippen LogP contribution in [-0.4, -0.2) is 31.8 Å². The zero-order chi connectivity index (χ0) is 13.7. The second kappa shape index (κ2) is 7.17. The predicted molar refractivity (Wildman–Crippen MR) is 81.2 cm³/mol. The van der Waals surface area contributed by atoms with Crippen LogP contribution in [0.25, 0.3) is 0 Å². The van der Waals surface area contributed by atoms with Gasteiger partial charge in [-0.2, -0.15) is 0 Å². The van der Waals surface area contributed by atoms with E-state index in [-0.39, 0.29) is 5.91 Å². The molecule has 2 rings (SSSR count). The average molecular weight is 299 g/mol. The first-order valence-electron chi connectivity index (χ1n) is 6.53. The molecule has 3 nitrogen and oxygen atoms in total. The molecule has 0 atom stereocenters. The van der Waals surface area contributed by atoms with Crippen molar-refractivity contribution in [3.8, 4) is 0 Å². The number of hydrogen-bond donors (Lipinski definition) is 2. The number of carbonyl (C=O) groups is 1. The Morgan fingerprint density at radius 3 is 2.89 bits per heavy atom. The summed E-state index contributed by atoms with van der Waals surface area (Å²) in [7, 11) is 0. The molecule has 1 aliphatic heterocycles. The zero-order valence-electron chi connectivity index (χ0n) is 11.0. The van der Waals surface area contributed by atoms with Gasteiger partial charge in [-0.25, -0.2) is 0 Å². The Morgan fingerprint density at radius 2 is 2.21 bits per heavy atom. The van der Waals surface area contributed by atoms with Crippen LogP contribution in [0.4, 0.5) is 0 Å². The van der Waals surface area contributed by atoms with Crippen LogP contribution in [0.3, 0.4) is 0 Å². The highest BCUT2D eigenvalue weighted by Crippen LogP contribution is 2.23. The van der Waals surface area contributed by atoms with E-state index < -0.39 is 0 Å². The van der Waals surface area contributed by atoms with Gasteiger partial charge in [0.15, 0.2) is 0 Å². The molecule has 1 aliphatic rings. The summed E-state index contributed by atoms with van der Waals surface area (Å²) in [6.45, 7) is 2.83. The summed E-state index contributed by atoms with van der Waals surface area (Å²) in [5.41, 5.74) is 0.572. The summed E-state index contributed by atoms with van der Waals surface area (Å²) in [6, 6.07) is 5.56. The fourth-order valence-electron chi connectivity index (χ4n) is 2.22. The van der Waals surface area contributed by atoms with E-state index in [1.54, 1.807) is 17.8 Å². The molecule has 1 aromatic carbocycles. The summed E-state index contributed by atoms with van der Waals surface area (Å²) in [4.78, 5) is 13.2. The molecule has 1 aromatic rings. The molecule has 0 spiro atoms. The van der Waals surface area contributed by atoms with Crippen molar-refractivity contribution in [2.24, 2.45) is 5.92 Å². The molecule has 0 saturated carbocycles. The molecule has 0 unspecified atom stereocenters. The van der Waals surface area contributed by atoms with Crippen LogP contribution in [0, 0.1) is 5.92 Å². The number of hydrogen-bond acceptors (Lipinski definition) is 3. The van der Waals surface area contributed by atoms with Crippen molar-refractivity contribution in [3.05, 3.63) is 28.8 Å². The molecule has 0 bridgehead atoms. The van der Waals surface area contributed by atoms with E-state index in [4.69, 9.17) is 11.6 Å². The van der Waals surface area contributed by atoms with Gasteiger partial charge >= 0.3 is 0 Å². The first-order valence-corrected chi connectivity index (χ1v) is 8.13. The quantitative estimate of drug-likeness (QED) is 0.840. The Labute approximate surface area is 123 Å². The van der Waals surface area contributed by atoms with Crippen molar-refractivity contribution >= 4 is 29.3 Å². The number of benzene rings is 1. The standard InChI is InChI=1S/C14H19ClN2OS/c1-19-11-2-3-13(15)12(8-11)14(18)17-9-10-4-6-16-7-5-10/h2-3,8,10,16H,4-7,9H2,1H3,(H,17,18). The first kappa shape index (κ1) is 14.7. The lowest BCUT2D eigenvalue weighted by atomic mass is 9.98. The Bertz CT molecular complexity index is 447. The van der Waals surface area contributed by atoms with Crippen molar-refractivity contribution in [2.75, 3.05) is 25.9 Å². The third-order valence-electron chi connectivity index (χ3n) is 3.43. The van der Waals surface area contributed by atoms with Gasteiger partial charge in [0.2, 0.25) is 0 Å². The summed E-state index contributed by atoms with van der Waals surface area (Å²) < 4.78 is 0. The number of halogens is 1. The van der Waals surface area contributed by atoms with E-state index in [1.165, 1.54) is 0 Å². The Balaban J connectivity index is 1.95. The molecule has 0 radical (unpaired) electrons. The normalized spacial score (nSPS) is 16.3. The van der Waals surface area contributed by atoms with Crippen LogP contribution >= 0.6 is 23.4 Å². The minimum absolute atomic E-state index is 0.0700. The molecular formula is C14H19ClN2OS. The largest absolute Gasteiger partial charge is 0.352 e. The SMILES string of the molecule is CSc1ccc(Cl)c(C(=O)NCC2CCNCC2)c1. The minimum Gasteiger partial charge on any atom is -0.352 e. The number of nitrogens with one attached hydrogen (secondary N) is 2. The van der Waals surface area contributed by atoms with Crippen molar-refractivity contribution in [1.29, 1.82) is 0 Å². The van der Waals surface area contributed by atoms with Gasteiger partial charge in [-0.05, 0) is 56.3 Å². The van der Waals surface area contributed by atoms with Crippen molar-refractivity contribution in [2.45, 2.75) is 17.7 Å². The highest BCUT2D eigenvalue weighted by molar-refractivity contribution is 7.98. The van der Waals surface area contributed by atoms with E-state index in [9.17, 15) is 4.79 Å². The van der Waals surface area contributed by atoms with Gasteiger partial charge in [-0.15, -0.1) is 11.8 Å². The van der Waals surface area contributed by atoms with Gasteiger partial charge < -0.3 is 10.6 Å². The highest BCUT2D eigenvalue weighted by atomic mass is 35.5. The van der Waals surface area contributed by atoms with Gasteiger partial charge in [0.1, 0.15) is 0 Å². The average Bonchev–Trinajstić information content (AvgIpc) is 2.46. The van der Waals surface area contributed by atoms with E-state index in [0.29, 0.717) is 16.5 Å². The zero-order valence-corrected chi connectivity index (χ0v) is 12.6. The topological polar surface area (TPSA) is 41.1 Å². The van der Waals surface area contributed by atoms with Crippen LogP contribution in [0.15, 0.2) is 23.1 Å². The maximum atomic E-state index is 12.2. The number of amides is 1. The second-order valence-corrected chi connectivity index (χ2v) is 6.04. The van der Waals surface area contributed by atoms with Gasteiger partial charge in [-0.1, -0.05) is 11.6 Å². The molecule has 104 valence electrons. The van der Waals surface area contributed by atoms with Crippen LogP contribution in [0.2, 0.25) is 5.02 Å². The molecular weight excluding hydrogens is 280 g/mol. The Morgan fingerprint density at radius 1 is 1.47 bits per heavy atom. The van der Waals surface area contributed by atoms with Gasteiger partial charge in [-0.3, -0.25) is 4.79 Å². The van der Waals surface area contributed by atoms with E-state index in [1.807, 2.05) is 18.4 Å². The van der Waals surface area contributed by atoms with E-state index >= 15 is 0 Å². The lowest BCUT2D eigenvalue weighted by Crippen LogP contribution is -2.36. The molecule has 0 aromatic heterocycles. The second-order valence-electron chi connectivity index (χ2n) is 4.75. The molecule has 1 saturated heterocycles. The maximum absolute atomic E-state index is 12.2. The lowest BCUT2D eigenvalue weighted by Gasteiger charge is -2.22. The molecule has 1 heterocycles. The van der Waals surface area contributed by atoms with Crippen molar-refractivity contribution in [3.63, 3.8) is 0 Å². The smallest absolute Gasteiger partial charge is 0.252 e. The number of carbonyl (C=O) groups excluding carboxylic acids is 1. The Kier molecular flexibility index (Phi) is 5.55. The van der Waals surface area contributed by atoms with Gasteiger partial charge in [0.05, 0.1) is 10.6 Å². The number of piperidine rings is 1. The summed E-state index contributed by atoms with van der Waals surface area (Å²) in [5, 5.41) is 6.84. The molecule has 2 N–H and O–H groups in total. The van der Waals surface area contributed by atoms with Crippen LogP contribution in [-0.2, 0) is 0 Å². The van der Waals surface area contributed by atoms with Crippen LogP contribution < -0.4 is 10.6 Å². The first-order chi connectivity index (χ1) is 9.20. The van der Waals surface area contributed by atoms with Crippen molar-refractivity contribution in [1.82, 2.24) is 10.6 Å². The van der Waals surface area contributed by atoms with Gasteiger partial charge in [0, 0.05) is 11.4 Å². The molecule has 5 heteroatoms. The predicted octanol–water partition coefficient (Wildman–Crippen LogP) is 2.79. The van der Waals surface area contributed by atoms with E-state index in [2.05, 4.69) is 10.6 Å². The minimum atomic E-state index is -0.0700. The molecule has 19 heavy (non-hydrogen) atoms. The van der Waals surface area contributed by atoms with Crippen LogP contribution in [0.5, 0.6) is 0 Å². The number of rotatable bonds is 4. The third-order valence-corrected chi connectivity index (χ3v) is 4.48. The van der Waals surface area contributed by atoms with Crippen LogP contribution in [0.1, 0.15) is 23.2 Å². The third kappa shape index (κ3) is 4.13.